The van der Waals surface area contributed by atoms with E-state index in [9.17, 15) is 9.59 Å². The Labute approximate surface area is 225 Å². The Bertz CT molecular complexity index is 1610. The average Bonchev–Trinajstić information content (AvgIpc) is 3.52. The van der Waals surface area contributed by atoms with Gasteiger partial charge in [-0.2, -0.15) is 0 Å². The van der Waals surface area contributed by atoms with E-state index < -0.39 is 6.04 Å². The van der Waals surface area contributed by atoms with Gasteiger partial charge in [0.1, 0.15) is 5.58 Å². The predicted molar refractivity (Wildman–Crippen MR) is 145 cm³/mol. The van der Waals surface area contributed by atoms with Crippen molar-refractivity contribution in [2.75, 3.05) is 20.0 Å². The highest BCUT2D eigenvalue weighted by Gasteiger charge is 2.43. The van der Waals surface area contributed by atoms with E-state index in [2.05, 4.69) is 6.92 Å². The van der Waals surface area contributed by atoms with E-state index in [4.69, 9.17) is 23.4 Å². The van der Waals surface area contributed by atoms with Crippen molar-refractivity contribution in [2.45, 2.75) is 39.3 Å². The summed E-state index contributed by atoms with van der Waals surface area (Å²) in [6.45, 7) is 5.43. The fourth-order valence-electron chi connectivity index (χ4n) is 5.12. The minimum Gasteiger partial charge on any atom is -0.490 e. The van der Waals surface area contributed by atoms with Crippen LogP contribution in [0.3, 0.4) is 0 Å². The molecule has 200 valence electrons. The van der Waals surface area contributed by atoms with Crippen LogP contribution in [0.15, 0.2) is 69.9 Å². The third-order valence-electron chi connectivity index (χ3n) is 7.00. The molecular weight excluding hydrogens is 498 g/mol. The summed E-state index contributed by atoms with van der Waals surface area (Å²) >= 11 is 0. The number of hydrogen-bond donors (Lipinski definition) is 0. The zero-order valence-corrected chi connectivity index (χ0v) is 21.9. The molecule has 1 atom stereocenters. The highest BCUT2D eigenvalue weighted by Crippen LogP contribution is 2.42. The lowest BCUT2D eigenvalue weighted by Crippen LogP contribution is -2.29. The zero-order valence-electron chi connectivity index (χ0n) is 21.9. The van der Waals surface area contributed by atoms with Gasteiger partial charge in [0.2, 0.25) is 12.6 Å². The third-order valence-corrected chi connectivity index (χ3v) is 7.00. The summed E-state index contributed by atoms with van der Waals surface area (Å²) in [5.74, 6) is 2.20. The number of ether oxygens (including phenoxy) is 4. The summed E-state index contributed by atoms with van der Waals surface area (Å²) < 4.78 is 29.0. The first-order valence-electron chi connectivity index (χ1n) is 13.2. The van der Waals surface area contributed by atoms with Crippen molar-refractivity contribution in [2.24, 2.45) is 0 Å². The number of fused-ring (bicyclic) bond motifs is 3. The molecular formula is C31H29NO7. The summed E-state index contributed by atoms with van der Waals surface area (Å²) in [5, 5.41) is 0.434. The second kappa shape index (κ2) is 10.4. The molecule has 1 aromatic heterocycles. The number of para-hydroxylation sites is 1. The lowest BCUT2D eigenvalue weighted by Gasteiger charge is -2.26. The second-order valence-corrected chi connectivity index (χ2v) is 9.53. The molecule has 1 amide bonds. The minimum atomic E-state index is -0.678. The summed E-state index contributed by atoms with van der Waals surface area (Å²) in [6.07, 6.45) is 1.94. The maximum Gasteiger partial charge on any atom is 0.291 e. The molecule has 8 nitrogen and oxygen atoms in total. The highest BCUT2D eigenvalue weighted by atomic mass is 16.7. The van der Waals surface area contributed by atoms with E-state index in [-0.39, 0.29) is 30.4 Å². The number of amides is 1. The number of carbonyl (C=O) groups excluding carboxylic acids is 1. The van der Waals surface area contributed by atoms with Crippen LogP contribution >= 0.6 is 0 Å². The Balaban J connectivity index is 1.47. The van der Waals surface area contributed by atoms with E-state index in [1.807, 2.05) is 43.3 Å². The van der Waals surface area contributed by atoms with Gasteiger partial charge < -0.3 is 28.3 Å². The van der Waals surface area contributed by atoms with Crippen LogP contribution in [0, 0.1) is 0 Å². The Morgan fingerprint density at radius 3 is 2.62 bits per heavy atom. The fourth-order valence-corrected chi connectivity index (χ4v) is 5.12. The number of nitrogens with zero attached hydrogens (tertiary/aromatic N) is 1. The summed E-state index contributed by atoms with van der Waals surface area (Å²) in [6, 6.07) is 17.5. The van der Waals surface area contributed by atoms with Gasteiger partial charge in [-0.25, -0.2) is 0 Å². The molecule has 0 spiro atoms. The van der Waals surface area contributed by atoms with Crippen LogP contribution in [0.5, 0.6) is 23.0 Å². The van der Waals surface area contributed by atoms with Crippen LogP contribution in [0.25, 0.3) is 11.0 Å². The first-order chi connectivity index (χ1) is 19.1. The molecule has 0 radical (unpaired) electrons. The van der Waals surface area contributed by atoms with Gasteiger partial charge in [0.25, 0.3) is 5.91 Å². The fraction of sp³-hybridized carbons (Fsp3) is 0.290. The summed E-state index contributed by atoms with van der Waals surface area (Å²) in [5.41, 5.74) is 2.05. The summed E-state index contributed by atoms with van der Waals surface area (Å²) in [4.78, 5) is 29.3. The normalized spacial score (nSPS) is 15.6. The van der Waals surface area contributed by atoms with Crippen LogP contribution in [-0.4, -0.2) is 30.8 Å². The van der Waals surface area contributed by atoms with Crippen LogP contribution in [-0.2, 0) is 6.54 Å². The minimum absolute atomic E-state index is 0.0608. The van der Waals surface area contributed by atoms with Crippen molar-refractivity contribution < 1.29 is 28.2 Å². The molecule has 8 heteroatoms. The Morgan fingerprint density at radius 2 is 1.77 bits per heavy atom. The number of hydrogen-bond acceptors (Lipinski definition) is 7. The van der Waals surface area contributed by atoms with Gasteiger partial charge in [0.15, 0.2) is 28.4 Å². The molecule has 1 unspecified atom stereocenters. The molecule has 0 saturated carbocycles. The summed E-state index contributed by atoms with van der Waals surface area (Å²) in [7, 11) is 0. The molecule has 0 aliphatic carbocycles. The molecule has 39 heavy (non-hydrogen) atoms. The van der Waals surface area contributed by atoms with Gasteiger partial charge in [-0.1, -0.05) is 37.6 Å². The molecule has 3 heterocycles. The molecule has 6 rings (SSSR count). The van der Waals surface area contributed by atoms with Gasteiger partial charge in [0.05, 0.1) is 30.2 Å². The van der Waals surface area contributed by atoms with Gasteiger partial charge >= 0.3 is 0 Å². The smallest absolute Gasteiger partial charge is 0.291 e. The molecule has 0 fully saturated rings. The predicted octanol–water partition coefficient (Wildman–Crippen LogP) is 5.84. The largest absolute Gasteiger partial charge is 0.490 e. The van der Waals surface area contributed by atoms with Gasteiger partial charge in [-0.05, 0) is 60.9 Å². The number of unbranched alkanes of at least 4 members (excludes halogenated alkanes) is 1. The zero-order chi connectivity index (χ0) is 26.9. The standard InChI is InChI=1S/C31H29NO7/c1-3-5-14-36-23-13-11-20(16-26(23)35-4-2)28-27-29(33)21-8-6-7-9-22(21)39-30(27)31(34)32(28)17-19-10-12-24-25(15-19)38-18-37-24/h6-13,15-16,28H,3-5,14,17-18H2,1-2H3. The number of carbonyl (C=O) groups is 1. The average molecular weight is 528 g/mol. The molecule has 2 aliphatic rings. The van der Waals surface area contributed by atoms with Crippen LogP contribution < -0.4 is 24.4 Å². The van der Waals surface area contributed by atoms with E-state index in [0.29, 0.717) is 52.7 Å². The second-order valence-electron chi connectivity index (χ2n) is 9.53. The third kappa shape index (κ3) is 4.46. The van der Waals surface area contributed by atoms with E-state index >= 15 is 0 Å². The molecule has 0 saturated heterocycles. The van der Waals surface area contributed by atoms with Gasteiger partial charge in [-0.3, -0.25) is 9.59 Å². The maximum absolute atomic E-state index is 13.8. The molecule has 3 aromatic carbocycles. The topological polar surface area (TPSA) is 87.4 Å². The van der Waals surface area contributed by atoms with E-state index in [1.165, 1.54) is 0 Å². The lowest BCUT2D eigenvalue weighted by molar-refractivity contribution is 0.0714. The highest BCUT2D eigenvalue weighted by molar-refractivity contribution is 5.99. The van der Waals surface area contributed by atoms with Crippen LogP contribution in [0.4, 0.5) is 0 Å². The Kier molecular flexibility index (Phi) is 6.60. The Morgan fingerprint density at radius 1 is 0.923 bits per heavy atom. The Hall–Kier alpha value is -4.46. The lowest BCUT2D eigenvalue weighted by atomic mass is 9.97. The van der Waals surface area contributed by atoms with Gasteiger partial charge in [-0.15, -0.1) is 0 Å². The molecule has 0 bridgehead atoms. The van der Waals surface area contributed by atoms with Crippen molar-refractivity contribution in [1.82, 2.24) is 4.90 Å². The van der Waals surface area contributed by atoms with Crippen molar-refractivity contribution in [3.05, 3.63) is 93.3 Å². The van der Waals surface area contributed by atoms with Crippen molar-refractivity contribution in [3.8, 4) is 23.0 Å². The first-order valence-corrected chi connectivity index (χ1v) is 13.2. The van der Waals surface area contributed by atoms with Crippen LogP contribution in [0.1, 0.15) is 60.0 Å². The SMILES string of the molecule is CCCCOc1ccc(C2c3c(oc4ccccc4c3=O)C(=O)N2Cc2ccc3c(c2)OCO3)cc1OCC. The number of benzene rings is 3. The molecule has 2 aliphatic heterocycles. The first kappa shape index (κ1) is 24.9. The van der Waals surface area contributed by atoms with Crippen molar-refractivity contribution in [3.63, 3.8) is 0 Å². The van der Waals surface area contributed by atoms with Gasteiger partial charge in [0, 0.05) is 6.54 Å². The number of rotatable bonds is 9. The monoisotopic (exact) mass is 527 g/mol. The molecule has 0 N–H and O–H groups in total. The van der Waals surface area contributed by atoms with Crippen LogP contribution in [0.2, 0.25) is 0 Å². The molecule has 4 aromatic rings. The maximum atomic E-state index is 13.8. The quantitative estimate of drug-likeness (QED) is 0.253. The van der Waals surface area contributed by atoms with Crippen molar-refractivity contribution in [1.29, 1.82) is 0 Å². The van der Waals surface area contributed by atoms with E-state index in [0.717, 1.165) is 24.0 Å². The van der Waals surface area contributed by atoms with E-state index in [1.54, 1.807) is 29.2 Å². The van der Waals surface area contributed by atoms with Crippen molar-refractivity contribution >= 4 is 16.9 Å².